The van der Waals surface area contributed by atoms with E-state index in [9.17, 15) is 13.2 Å². The van der Waals surface area contributed by atoms with Crippen LogP contribution in [0.4, 0.5) is 5.69 Å². The lowest BCUT2D eigenvalue weighted by molar-refractivity contribution is -0.113. The van der Waals surface area contributed by atoms with E-state index in [4.69, 9.17) is 11.6 Å². The van der Waals surface area contributed by atoms with Crippen molar-refractivity contribution in [3.8, 4) is 17.1 Å². The Kier molecular flexibility index (Phi) is 8.65. The molecule has 0 radical (unpaired) electrons. The Hall–Kier alpha value is -3.18. The molecule has 0 spiro atoms. The van der Waals surface area contributed by atoms with Crippen LogP contribution in [-0.4, -0.2) is 52.2 Å². The lowest BCUT2D eigenvalue weighted by atomic mass is 10.2. The summed E-state index contributed by atoms with van der Waals surface area (Å²) >= 11 is 7.37. The van der Waals surface area contributed by atoms with E-state index in [1.54, 1.807) is 48.5 Å². The third-order valence-corrected chi connectivity index (χ3v) is 8.87. The maximum absolute atomic E-state index is 13.1. The number of para-hydroxylation sites is 2. The fourth-order valence-corrected chi connectivity index (χ4v) is 6.19. The summed E-state index contributed by atoms with van der Waals surface area (Å²) in [6.07, 6.45) is 0. The second kappa shape index (κ2) is 11.9. The van der Waals surface area contributed by atoms with E-state index in [0.717, 1.165) is 5.69 Å². The molecule has 11 heteroatoms. The summed E-state index contributed by atoms with van der Waals surface area (Å²) in [4.78, 5) is 12.8. The van der Waals surface area contributed by atoms with Gasteiger partial charge in [0.05, 0.1) is 21.4 Å². The van der Waals surface area contributed by atoms with E-state index < -0.39 is 10.0 Å². The Balaban J connectivity index is 1.67. The molecule has 0 aliphatic rings. The highest BCUT2D eigenvalue weighted by Gasteiger charge is 2.24. The van der Waals surface area contributed by atoms with Crippen molar-refractivity contribution in [1.82, 2.24) is 19.1 Å². The highest BCUT2D eigenvalue weighted by Crippen LogP contribution is 2.30. The molecule has 1 N–H and O–H groups in total. The summed E-state index contributed by atoms with van der Waals surface area (Å²) in [6, 6.07) is 23.2. The lowest BCUT2D eigenvalue weighted by Gasteiger charge is -2.19. The largest absolute Gasteiger partial charge is 0.324 e. The topological polar surface area (TPSA) is 97.2 Å². The van der Waals surface area contributed by atoms with Gasteiger partial charge in [0.15, 0.2) is 11.0 Å². The molecule has 8 nitrogen and oxygen atoms in total. The number of sulfonamides is 1. The van der Waals surface area contributed by atoms with Crippen molar-refractivity contribution >= 4 is 45.0 Å². The van der Waals surface area contributed by atoms with E-state index >= 15 is 0 Å². The first-order chi connectivity index (χ1) is 17.8. The Morgan fingerprint density at radius 2 is 1.68 bits per heavy atom. The van der Waals surface area contributed by atoms with Crippen LogP contribution < -0.4 is 5.32 Å². The van der Waals surface area contributed by atoms with Gasteiger partial charge < -0.3 is 5.32 Å². The van der Waals surface area contributed by atoms with Crippen molar-refractivity contribution in [1.29, 1.82) is 0 Å². The van der Waals surface area contributed by atoms with Gasteiger partial charge >= 0.3 is 0 Å². The lowest BCUT2D eigenvalue weighted by Crippen LogP contribution is -2.30. The van der Waals surface area contributed by atoms with Crippen molar-refractivity contribution in [2.45, 2.75) is 23.9 Å². The summed E-state index contributed by atoms with van der Waals surface area (Å²) < 4.78 is 29.5. The van der Waals surface area contributed by atoms with Gasteiger partial charge in [0.1, 0.15) is 0 Å². The minimum absolute atomic E-state index is 0.0760. The number of aromatic nitrogens is 3. The van der Waals surface area contributed by atoms with Crippen LogP contribution in [0.3, 0.4) is 0 Å². The molecule has 1 aromatic heterocycles. The fourth-order valence-electron chi connectivity index (χ4n) is 3.75. The van der Waals surface area contributed by atoms with Crippen LogP contribution in [0.1, 0.15) is 13.8 Å². The van der Waals surface area contributed by atoms with Gasteiger partial charge in [0.2, 0.25) is 15.9 Å². The molecule has 3 aromatic carbocycles. The van der Waals surface area contributed by atoms with Gasteiger partial charge in [-0.05, 0) is 36.4 Å². The maximum atomic E-state index is 13.1. The summed E-state index contributed by atoms with van der Waals surface area (Å²) in [5.74, 6) is 0.304. The number of rotatable bonds is 10. The number of benzene rings is 3. The maximum Gasteiger partial charge on any atom is 0.243 e. The number of amides is 1. The Morgan fingerprint density at radius 1 is 0.973 bits per heavy atom. The Bertz CT molecular complexity index is 1490. The molecular formula is C26H26ClN5O3S2. The zero-order valence-corrected chi connectivity index (χ0v) is 22.7. The minimum atomic E-state index is -3.65. The molecule has 0 atom stereocenters. The average molecular weight is 556 g/mol. The smallest absolute Gasteiger partial charge is 0.243 e. The Labute approximate surface area is 225 Å². The van der Waals surface area contributed by atoms with Gasteiger partial charge in [0, 0.05) is 24.3 Å². The number of anilines is 1. The second-order valence-corrected chi connectivity index (χ2v) is 11.2. The number of hydrogen-bond acceptors (Lipinski definition) is 6. The number of carbonyl (C=O) groups excluding carboxylic acids is 1. The van der Waals surface area contributed by atoms with E-state index in [0.29, 0.717) is 40.3 Å². The first-order valence-electron chi connectivity index (χ1n) is 11.6. The van der Waals surface area contributed by atoms with Crippen LogP contribution in [-0.2, 0) is 14.8 Å². The van der Waals surface area contributed by atoms with Gasteiger partial charge in [-0.3, -0.25) is 9.36 Å². The second-order valence-electron chi connectivity index (χ2n) is 7.91. The van der Waals surface area contributed by atoms with E-state index in [2.05, 4.69) is 15.5 Å². The van der Waals surface area contributed by atoms with Crippen LogP contribution in [0.2, 0.25) is 5.02 Å². The van der Waals surface area contributed by atoms with Crippen LogP contribution in [0.15, 0.2) is 88.9 Å². The fraction of sp³-hybridized carbons (Fsp3) is 0.192. The molecule has 0 fully saturated rings. The number of halogens is 1. The summed E-state index contributed by atoms with van der Waals surface area (Å²) in [7, 11) is -3.65. The molecule has 192 valence electrons. The average Bonchev–Trinajstić information content (AvgIpc) is 3.34. The highest BCUT2D eigenvalue weighted by atomic mass is 35.5. The predicted octanol–water partition coefficient (Wildman–Crippen LogP) is 5.35. The first kappa shape index (κ1) is 26.9. The number of hydrogen-bond donors (Lipinski definition) is 1. The molecule has 0 aliphatic heterocycles. The molecule has 4 aromatic rings. The minimum Gasteiger partial charge on any atom is -0.324 e. The molecule has 37 heavy (non-hydrogen) atoms. The van der Waals surface area contributed by atoms with Crippen molar-refractivity contribution in [3.05, 3.63) is 83.9 Å². The molecule has 0 saturated heterocycles. The van der Waals surface area contributed by atoms with E-state index in [-0.39, 0.29) is 16.6 Å². The van der Waals surface area contributed by atoms with Crippen molar-refractivity contribution in [2.75, 3.05) is 24.2 Å². The third-order valence-electron chi connectivity index (χ3n) is 5.56. The number of carbonyl (C=O) groups is 1. The first-order valence-corrected chi connectivity index (χ1v) is 14.4. The van der Waals surface area contributed by atoms with Crippen molar-refractivity contribution in [3.63, 3.8) is 0 Å². The molecule has 0 saturated carbocycles. The monoisotopic (exact) mass is 555 g/mol. The Morgan fingerprint density at radius 3 is 2.38 bits per heavy atom. The number of thioether (sulfide) groups is 1. The van der Waals surface area contributed by atoms with Crippen LogP contribution in [0, 0.1) is 0 Å². The normalized spacial score (nSPS) is 11.6. The van der Waals surface area contributed by atoms with Crippen molar-refractivity contribution in [2.24, 2.45) is 0 Å². The summed E-state index contributed by atoms with van der Waals surface area (Å²) in [5, 5.41) is 12.5. The van der Waals surface area contributed by atoms with Crippen LogP contribution >= 0.6 is 23.4 Å². The van der Waals surface area contributed by atoms with Gasteiger partial charge in [-0.25, -0.2) is 8.42 Å². The SMILES string of the molecule is CCN(CC)S(=O)(=O)c1cccc(-c2nnc(SCC(=O)Nc3ccccc3Cl)n2-c2ccccc2)c1. The molecule has 1 heterocycles. The molecule has 0 unspecified atom stereocenters. The molecule has 0 bridgehead atoms. The number of nitrogens with zero attached hydrogens (tertiary/aromatic N) is 4. The quantitative estimate of drug-likeness (QED) is 0.265. The van der Waals surface area contributed by atoms with Gasteiger partial charge in [0.25, 0.3) is 0 Å². The highest BCUT2D eigenvalue weighted by molar-refractivity contribution is 7.99. The zero-order valence-electron chi connectivity index (χ0n) is 20.3. The predicted molar refractivity (Wildman–Crippen MR) is 148 cm³/mol. The summed E-state index contributed by atoms with van der Waals surface area (Å²) in [6.45, 7) is 4.37. The third kappa shape index (κ3) is 6.04. The van der Waals surface area contributed by atoms with E-state index in [1.807, 2.05) is 48.7 Å². The van der Waals surface area contributed by atoms with Crippen LogP contribution in [0.5, 0.6) is 0 Å². The van der Waals surface area contributed by atoms with Gasteiger partial charge in [-0.1, -0.05) is 79.7 Å². The summed E-state index contributed by atoms with van der Waals surface area (Å²) in [5.41, 5.74) is 1.91. The molecule has 1 amide bonds. The standard InChI is InChI=1S/C26H26ClN5O3S2/c1-3-31(4-2)37(34,35)21-14-10-11-19(17-21)25-29-30-26(32(25)20-12-6-5-7-13-20)36-18-24(33)28-23-16-9-8-15-22(23)27/h5-17H,3-4,18H2,1-2H3,(H,28,33). The van der Waals surface area contributed by atoms with Gasteiger partial charge in [-0.15, -0.1) is 10.2 Å². The van der Waals surface area contributed by atoms with Gasteiger partial charge in [-0.2, -0.15) is 4.31 Å². The molecule has 0 aliphatic carbocycles. The molecule has 4 rings (SSSR count). The number of nitrogens with one attached hydrogen (secondary N) is 1. The molecular weight excluding hydrogens is 530 g/mol. The van der Waals surface area contributed by atoms with Crippen molar-refractivity contribution < 1.29 is 13.2 Å². The zero-order chi connectivity index (χ0) is 26.4. The van der Waals surface area contributed by atoms with Crippen LogP contribution in [0.25, 0.3) is 17.1 Å². The van der Waals surface area contributed by atoms with E-state index in [1.165, 1.54) is 16.1 Å².